The number of nitrogens with zero attached hydrogens (tertiary/aromatic N) is 1. The maximum Gasteiger partial charge on any atom is 0.243 e. The number of amides is 1. The molecule has 0 radical (unpaired) electrons. The number of benzene rings is 3. The molecule has 170 valence electrons. The average molecular weight is 465 g/mol. The third-order valence-corrected chi connectivity index (χ3v) is 8.69. The van der Waals surface area contributed by atoms with Crippen molar-refractivity contribution in [2.45, 2.75) is 23.2 Å². The topological polar surface area (TPSA) is 66.5 Å². The molecule has 3 aromatic rings. The number of likely N-dealkylation sites (N-methyl/N-ethyl adjacent to an activating group) is 1. The predicted octanol–water partition coefficient (Wildman–Crippen LogP) is 3.86. The first kappa shape index (κ1) is 21.8. The Labute approximate surface area is 193 Å². The van der Waals surface area contributed by atoms with Crippen molar-refractivity contribution in [3.05, 3.63) is 101 Å². The van der Waals surface area contributed by atoms with Crippen LogP contribution < -0.4 is 5.32 Å². The Bertz CT molecular complexity index is 1260. The Kier molecular flexibility index (Phi) is 5.54. The van der Waals surface area contributed by atoms with E-state index in [2.05, 4.69) is 53.8 Å². The zero-order valence-corrected chi connectivity index (χ0v) is 19.1. The van der Waals surface area contributed by atoms with E-state index in [-0.39, 0.29) is 29.2 Å². The van der Waals surface area contributed by atoms with Crippen molar-refractivity contribution in [1.82, 2.24) is 9.62 Å². The van der Waals surface area contributed by atoms with Crippen LogP contribution in [0, 0.1) is 11.7 Å². The zero-order chi connectivity index (χ0) is 23.2. The number of hydrogen-bond donors (Lipinski definition) is 1. The van der Waals surface area contributed by atoms with Crippen molar-refractivity contribution in [1.29, 1.82) is 0 Å². The minimum Gasteiger partial charge on any atom is -0.355 e. The molecule has 0 aromatic heterocycles. The summed E-state index contributed by atoms with van der Waals surface area (Å²) in [6, 6.07) is 21.6. The van der Waals surface area contributed by atoms with E-state index >= 15 is 0 Å². The van der Waals surface area contributed by atoms with Crippen molar-refractivity contribution in [2.24, 2.45) is 5.92 Å². The van der Waals surface area contributed by atoms with Crippen molar-refractivity contribution in [3.63, 3.8) is 0 Å². The number of halogens is 1. The molecule has 1 N–H and O–H groups in total. The number of carbonyl (C=O) groups excluding carboxylic acids is 1. The summed E-state index contributed by atoms with van der Waals surface area (Å²) in [6.07, 6.45) is 0.947. The lowest BCUT2D eigenvalue weighted by Crippen LogP contribution is -2.43. The summed E-state index contributed by atoms with van der Waals surface area (Å²) in [4.78, 5) is 12.6. The van der Waals surface area contributed by atoms with Gasteiger partial charge in [-0.05, 0) is 58.9 Å². The first-order valence-electron chi connectivity index (χ1n) is 11.0. The SMILES string of the molecule is CN(CC(=O)NCC1CC2c3ccccc3C1c1ccccc12)S(=O)(=O)c1ccc(F)cc1. The van der Waals surface area contributed by atoms with E-state index in [4.69, 9.17) is 0 Å². The van der Waals surface area contributed by atoms with Crippen LogP contribution in [-0.4, -0.2) is 38.8 Å². The van der Waals surface area contributed by atoms with Crippen LogP contribution in [0.4, 0.5) is 4.39 Å². The van der Waals surface area contributed by atoms with Crippen LogP contribution in [0.1, 0.15) is 40.5 Å². The highest BCUT2D eigenvalue weighted by atomic mass is 32.2. The van der Waals surface area contributed by atoms with Crippen molar-refractivity contribution in [3.8, 4) is 0 Å². The molecule has 0 aliphatic heterocycles. The van der Waals surface area contributed by atoms with E-state index in [0.717, 1.165) is 22.9 Å². The minimum absolute atomic E-state index is 0.0444. The molecule has 5 nitrogen and oxygen atoms in total. The second-order valence-electron chi connectivity index (χ2n) is 8.80. The van der Waals surface area contributed by atoms with Crippen LogP contribution in [0.3, 0.4) is 0 Å². The quantitative estimate of drug-likeness (QED) is 0.603. The van der Waals surface area contributed by atoms with Crippen LogP contribution >= 0.6 is 0 Å². The molecule has 0 saturated carbocycles. The largest absolute Gasteiger partial charge is 0.355 e. The molecule has 3 aliphatic carbocycles. The molecule has 0 saturated heterocycles. The van der Waals surface area contributed by atoms with Crippen molar-refractivity contribution < 1.29 is 17.6 Å². The summed E-state index contributed by atoms with van der Waals surface area (Å²) < 4.78 is 39.5. The van der Waals surface area contributed by atoms with Gasteiger partial charge in [-0.2, -0.15) is 4.31 Å². The minimum atomic E-state index is -3.88. The third kappa shape index (κ3) is 3.85. The van der Waals surface area contributed by atoms with Gasteiger partial charge in [0.1, 0.15) is 5.82 Å². The number of carbonyl (C=O) groups is 1. The summed E-state index contributed by atoms with van der Waals surface area (Å²) in [7, 11) is -2.52. The maximum absolute atomic E-state index is 13.1. The van der Waals surface area contributed by atoms with Crippen molar-refractivity contribution in [2.75, 3.05) is 20.1 Å². The Morgan fingerprint density at radius 2 is 1.48 bits per heavy atom. The van der Waals surface area contributed by atoms with E-state index in [1.54, 1.807) is 0 Å². The summed E-state index contributed by atoms with van der Waals surface area (Å²) in [5, 5.41) is 2.96. The number of rotatable bonds is 6. The number of sulfonamides is 1. The average Bonchev–Trinajstić information content (AvgIpc) is 2.83. The van der Waals surface area contributed by atoms with Crippen LogP contribution in [0.15, 0.2) is 77.7 Å². The van der Waals surface area contributed by atoms with Crippen LogP contribution in [0.2, 0.25) is 0 Å². The van der Waals surface area contributed by atoms with Gasteiger partial charge in [0.15, 0.2) is 0 Å². The molecule has 33 heavy (non-hydrogen) atoms. The Morgan fingerprint density at radius 3 is 2.06 bits per heavy atom. The van der Waals surface area contributed by atoms with Gasteiger partial charge in [-0.1, -0.05) is 48.5 Å². The molecule has 7 heteroatoms. The van der Waals surface area contributed by atoms with Crippen LogP contribution in [-0.2, 0) is 14.8 Å². The smallest absolute Gasteiger partial charge is 0.243 e. The maximum atomic E-state index is 13.1. The molecule has 2 bridgehead atoms. The molecule has 0 spiro atoms. The summed E-state index contributed by atoms with van der Waals surface area (Å²) >= 11 is 0. The van der Waals surface area contributed by atoms with E-state index in [9.17, 15) is 17.6 Å². The van der Waals surface area contributed by atoms with E-state index in [0.29, 0.717) is 12.5 Å². The van der Waals surface area contributed by atoms with Gasteiger partial charge in [0.2, 0.25) is 15.9 Å². The molecule has 6 rings (SSSR count). The second-order valence-corrected chi connectivity index (χ2v) is 10.8. The summed E-state index contributed by atoms with van der Waals surface area (Å²) in [5.74, 6) is -0.109. The number of nitrogens with one attached hydrogen (secondary N) is 1. The van der Waals surface area contributed by atoms with E-state index in [1.165, 1.54) is 41.4 Å². The summed E-state index contributed by atoms with van der Waals surface area (Å²) in [6.45, 7) is 0.181. The van der Waals surface area contributed by atoms with Gasteiger partial charge in [-0.15, -0.1) is 0 Å². The normalized spacial score (nSPS) is 20.9. The molecule has 3 aromatic carbocycles. The van der Waals surface area contributed by atoms with E-state index in [1.807, 2.05) is 0 Å². The van der Waals surface area contributed by atoms with Gasteiger partial charge in [0.05, 0.1) is 11.4 Å². The molecular weight excluding hydrogens is 439 g/mol. The van der Waals surface area contributed by atoms with Gasteiger partial charge in [-0.3, -0.25) is 4.79 Å². The van der Waals surface area contributed by atoms with Gasteiger partial charge in [-0.25, -0.2) is 12.8 Å². The van der Waals surface area contributed by atoms with Gasteiger partial charge < -0.3 is 5.32 Å². The highest BCUT2D eigenvalue weighted by Gasteiger charge is 2.42. The lowest BCUT2D eigenvalue weighted by Gasteiger charge is -2.45. The van der Waals surface area contributed by atoms with Crippen LogP contribution in [0.25, 0.3) is 0 Å². The molecule has 0 heterocycles. The molecule has 3 aliphatic rings. The number of fused-ring (bicyclic) bond motifs is 1. The highest BCUT2D eigenvalue weighted by Crippen LogP contribution is 2.55. The molecular formula is C26H25FN2O3S. The first-order valence-corrected chi connectivity index (χ1v) is 12.5. The van der Waals surface area contributed by atoms with Gasteiger partial charge >= 0.3 is 0 Å². The van der Waals surface area contributed by atoms with E-state index < -0.39 is 15.8 Å². The first-order chi connectivity index (χ1) is 15.9. The zero-order valence-electron chi connectivity index (χ0n) is 18.2. The standard InChI is InChI=1S/C26H25FN2O3S/c1-29(33(31,32)19-12-10-18(27)11-13-19)16-25(30)28-15-17-14-24-20-6-2-4-8-22(20)26(17)23-9-5-3-7-21(23)24/h2-13,17,24,26H,14-16H2,1H3,(H,28,30). The Morgan fingerprint density at radius 1 is 0.939 bits per heavy atom. The summed E-state index contributed by atoms with van der Waals surface area (Å²) in [5.41, 5.74) is 5.38. The lowest BCUT2D eigenvalue weighted by molar-refractivity contribution is -0.121. The fourth-order valence-electron chi connectivity index (χ4n) is 5.33. The van der Waals surface area contributed by atoms with Gasteiger partial charge in [0.25, 0.3) is 0 Å². The van der Waals surface area contributed by atoms with Gasteiger partial charge in [0, 0.05) is 25.4 Å². The monoisotopic (exact) mass is 464 g/mol. The molecule has 1 unspecified atom stereocenters. The fraction of sp³-hybridized carbons (Fsp3) is 0.269. The molecule has 0 fully saturated rings. The van der Waals surface area contributed by atoms with Crippen molar-refractivity contribution >= 4 is 15.9 Å². The Balaban J connectivity index is 1.28. The lowest BCUT2D eigenvalue weighted by atomic mass is 9.59. The Hall–Kier alpha value is -3.03. The molecule has 1 amide bonds. The second kappa shape index (κ2) is 8.39. The van der Waals surface area contributed by atoms with Crippen LogP contribution in [0.5, 0.6) is 0 Å². The number of hydrogen-bond acceptors (Lipinski definition) is 3. The molecule has 1 atom stereocenters. The highest BCUT2D eigenvalue weighted by molar-refractivity contribution is 7.89. The predicted molar refractivity (Wildman–Crippen MR) is 124 cm³/mol. The third-order valence-electron chi connectivity index (χ3n) is 6.87. The fourth-order valence-corrected chi connectivity index (χ4v) is 6.46.